The van der Waals surface area contributed by atoms with Gasteiger partial charge in [-0.05, 0) is 29.8 Å². The van der Waals surface area contributed by atoms with Gasteiger partial charge in [-0.3, -0.25) is 0 Å². The second kappa shape index (κ2) is 5.14. The van der Waals surface area contributed by atoms with Gasteiger partial charge < -0.3 is 9.84 Å². The van der Waals surface area contributed by atoms with E-state index in [4.69, 9.17) is 4.74 Å². The molecule has 1 unspecified atom stereocenters. The van der Waals surface area contributed by atoms with Gasteiger partial charge >= 0.3 is 0 Å². The highest BCUT2D eigenvalue weighted by Crippen LogP contribution is 2.27. The van der Waals surface area contributed by atoms with Crippen molar-refractivity contribution in [3.63, 3.8) is 0 Å². The highest BCUT2D eigenvalue weighted by atomic mass is 19.1. The number of benzene rings is 2. The number of hydrogen-bond donors (Lipinski definition) is 1. The summed E-state index contributed by atoms with van der Waals surface area (Å²) in [5, 5.41) is 10.00. The van der Waals surface area contributed by atoms with Gasteiger partial charge in [-0.2, -0.15) is 0 Å². The number of rotatable bonds is 3. The van der Waals surface area contributed by atoms with Crippen LogP contribution in [0, 0.1) is 11.6 Å². The second-order valence-corrected chi connectivity index (χ2v) is 3.81. The molecular weight excluding hydrogens is 238 g/mol. The average molecular weight is 250 g/mol. The third-order valence-corrected chi connectivity index (χ3v) is 2.70. The zero-order valence-corrected chi connectivity index (χ0v) is 9.73. The summed E-state index contributed by atoms with van der Waals surface area (Å²) in [4.78, 5) is 0. The molecule has 0 heterocycles. The van der Waals surface area contributed by atoms with E-state index in [1.54, 1.807) is 24.3 Å². The molecule has 0 spiro atoms. The lowest BCUT2D eigenvalue weighted by molar-refractivity contribution is 0.209. The van der Waals surface area contributed by atoms with E-state index in [0.29, 0.717) is 11.3 Å². The molecule has 0 radical (unpaired) electrons. The molecule has 0 saturated heterocycles. The fourth-order valence-corrected chi connectivity index (χ4v) is 1.72. The molecule has 0 saturated carbocycles. The molecule has 1 atom stereocenters. The maximum absolute atomic E-state index is 13.5. The monoisotopic (exact) mass is 250 g/mol. The van der Waals surface area contributed by atoms with E-state index in [1.165, 1.54) is 13.2 Å². The third-order valence-electron chi connectivity index (χ3n) is 2.70. The van der Waals surface area contributed by atoms with Crippen LogP contribution in [-0.2, 0) is 0 Å². The topological polar surface area (TPSA) is 29.5 Å². The number of methoxy groups -OCH3 is 1. The van der Waals surface area contributed by atoms with Crippen molar-refractivity contribution in [2.24, 2.45) is 0 Å². The summed E-state index contributed by atoms with van der Waals surface area (Å²) in [6.45, 7) is 0. The molecular formula is C14H12F2O2. The van der Waals surface area contributed by atoms with E-state index in [0.717, 1.165) is 12.1 Å². The fourth-order valence-electron chi connectivity index (χ4n) is 1.72. The van der Waals surface area contributed by atoms with Crippen LogP contribution in [-0.4, -0.2) is 12.2 Å². The fraction of sp³-hybridized carbons (Fsp3) is 0.143. The predicted octanol–water partition coefficient (Wildman–Crippen LogP) is 3.06. The van der Waals surface area contributed by atoms with E-state index in [2.05, 4.69) is 0 Å². The zero-order valence-electron chi connectivity index (χ0n) is 9.73. The minimum absolute atomic E-state index is 0.345. The Morgan fingerprint density at radius 2 is 1.56 bits per heavy atom. The normalized spacial score (nSPS) is 12.2. The van der Waals surface area contributed by atoms with Gasteiger partial charge in [-0.25, -0.2) is 8.78 Å². The molecule has 2 rings (SSSR count). The lowest BCUT2D eigenvalue weighted by Crippen LogP contribution is -2.05. The Morgan fingerprint density at radius 3 is 2.06 bits per heavy atom. The number of halogens is 2. The van der Waals surface area contributed by atoms with Crippen LogP contribution in [0.25, 0.3) is 0 Å². The van der Waals surface area contributed by atoms with E-state index >= 15 is 0 Å². The van der Waals surface area contributed by atoms with Crippen molar-refractivity contribution in [1.82, 2.24) is 0 Å². The first-order valence-corrected chi connectivity index (χ1v) is 5.39. The number of aliphatic hydroxyl groups is 1. The van der Waals surface area contributed by atoms with Crippen LogP contribution in [0.15, 0.2) is 42.5 Å². The maximum atomic E-state index is 13.5. The molecule has 0 aliphatic carbocycles. The van der Waals surface area contributed by atoms with Crippen LogP contribution in [0.2, 0.25) is 0 Å². The number of aliphatic hydroxyl groups excluding tert-OH is 1. The highest BCUT2D eigenvalue weighted by molar-refractivity contribution is 5.35. The first kappa shape index (κ1) is 12.5. The van der Waals surface area contributed by atoms with E-state index in [1.807, 2.05) is 0 Å². The maximum Gasteiger partial charge on any atom is 0.132 e. The molecule has 0 aromatic heterocycles. The van der Waals surface area contributed by atoms with E-state index in [-0.39, 0.29) is 5.56 Å². The molecule has 1 N–H and O–H groups in total. The van der Waals surface area contributed by atoms with Crippen LogP contribution in [0.3, 0.4) is 0 Å². The Labute approximate surface area is 103 Å². The van der Waals surface area contributed by atoms with E-state index < -0.39 is 17.7 Å². The Balaban J connectivity index is 2.38. The molecule has 0 aliphatic rings. The summed E-state index contributed by atoms with van der Waals surface area (Å²) in [6, 6.07) is 9.87. The second-order valence-electron chi connectivity index (χ2n) is 3.81. The molecule has 18 heavy (non-hydrogen) atoms. The first-order valence-electron chi connectivity index (χ1n) is 5.39. The third kappa shape index (κ3) is 2.33. The minimum atomic E-state index is -1.34. The lowest BCUT2D eigenvalue weighted by Gasteiger charge is -2.13. The minimum Gasteiger partial charge on any atom is -0.497 e. The van der Waals surface area contributed by atoms with Gasteiger partial charge in [0.2, 0.25) is 0 Å². The SMILES string of the molecule is COc1ccc(C(O)c2c(F)cccc2F)cc1. The van der Waals surface area contributed by atoms with Gasteiger partial charge in [0.15, 0.2) is 0 Å². The number of ether oxygens (including phenoxy) is 1. The van der Waals surface area contributed by atoms with Gasteiger partial charge in [0.05, 0.1) is 12.7 Å². The smallest absolute Gasteiger partial charge is 0.132 e. The van der Waals surface area contributed by atoms with Crippen LogP contribution in [0.4, 0.5) is 8.78 Å². The summed E-state index contributed by atoms with van der Waals surface area (Å²) in [6.07, 6.45) is -1.34. The van der Waals surface area contributed by atoms with Crippen LogP contribution in [0.1, 0.15) is 17.2 Å². The first-order chi connectivity index (χ1) is 8.63. The van der Waals surface area contributed by atoms with Crippen molar-refractivity contribution < 1.29 is 18.6 Å². The van der Waals surface area contributed by atoms with Gasteiger partial charge in [-0.15, -0.1) is 0 Å². The highest BCUT2D eigenvalue weighted by Gasteiger charge is 2.19. The van der Waals surface area contributed by atoms with Crippen LogP contribution < -0.4 is 4.74 Å². The largest absolute Gasteiger partial charge is 0.497 e. The van der Waals surface area contributed by atoms with Crippen molar-refractivity contribution in [2.75, 3.05) is 7.11 Å². The van der Waals surface area contributed by atoms with Crippen molar-refractivity contribution in [3.05, 3.63) is 65.2 Å². The Bertz CT molecular complexity index is 518. The molecule has 94 valence electrons. The van der Waals surface area contributed by atoms with Gasteiger partial charge in [0.1, 0.15) is 23.5 Å². The van der Waals surface area contributed by atoms with Gasteiger partial charge in [0.25, 0.3) is 0 Å². The quantitative estimate of drug-likeness (QED) is 0.907. The molecule has 0 aliphatic heterocycles. The summed E-state index contributed by atoms with van der Waals surface area (Å²) in [5.74, 6) is -0.920. The summed E-state index contributed by atoms with van der Waals surface area (Å²) in [5.41, 5.74) is 0.0578. The molecule has 4 heteroatoms. The molecule has 0 fully saturated rings. The average Bonchev–Trinajstić information content (AvgIpc) is 2.38. The van der Waals surface area contributed by atoms with Crippen molar-refractivity contribution in [1.29, 1.82) is 0 Å². The molecule has 2 aromatic carbocycles. The lowest BCUT2D eigenvalue weighted by atomic mass is 10.0. The summed E-state index contributed by atoms with van der Waals surface area (Å²) < 4.78 is 32.0. The molecule has 2 aromatic rings. The number of hydrogen-bond acceptors (Lipinski definition) is 2. The van der Waals surface area contributed by atoms with Crippen molar-refractivity contribution in [2.45, 2.75) is 6.10 Å². The standard InChI is InChI=1S/C14H12F2O2/c1-18-10-7-5-9(6-8-10)14(17)13-11(15)3-2-4-12(13)16/h2-8,14,17H,1H3. The zero-order chi connectivity index (χ0) is 13.1. The van der Waals surface area contributed by atoms with Gasteiger partial charge in [-0.1, -0.05) is 18.2 Å². The van der Waals surface area contributed by atoms with Crippen LogP contribution in [0.5, 0.6) is 5.75 Å². The van der Waals surface area contributed by atoms with Crippen molar-refractivity contribution in [3.8, 4) is 5.75 Å². The van der Waals surface area contributed by atoms with Crippen LogP contribution >= 0.6 is 0 Å². The Hall–Kier alpha value is -1.94. The summed E-state index contributed by atoms with van der Waals surface area (Å²) in [7, 11) is 1.52. The Morgan fingerprint density at radius 1 is 1.00 bits per heavy atom. The molecule has 0 amide bonds. The Kier molecular flexibility index (Phi) is 3.58. The van der Waals surface area contributed by atoms with Crippen molar-refractivity contribution >= 4 is 0 Å². The molecule has 0 bridgehead atoms. The molecule has 2 nitrogen and oxygen atoms in total. The van der Waals surface area contributed by atoms with E-state index in [9.17, 15) is 13.9 Å². The summed E-state index contributed by atoms with van der Waals surface area (Å²) >= 11 is 0. The predicted molar refractivity (Wildman–Crippen MR) is 63.4 cm³/mol. The van der Waals surface area contributed by atoms with Gasteiger partial charge in [0, 0.05) is 0 Å².